The molecule has 9 nitrogen and oxygen atoms in total. The Hall–Kier alpha value is -2.58. The lowest BCUT2D eigenvalue weighted by Crippen LogP contribution is -2.48. The number of carboxylic acid groups (broad SMARTS) is 1. The molecule has 0 fully saturated rings. The monoisotopic (exact) mass is 297 g/mol. The molecule has 1 heterocycles. The third kappa shape index (κ3) is 5.13. The van der Waals surface area contributed by atoms with Gasteiger partial charge < -0.3 is 25.2 Å². The first kappa shape index (κ1) is 16.5. The molecule has 0 radical (unpaired) electrons. The fourth-order valence-electron chi connectivity index (χ4n) is 1.59. The maximum atomic E-state index is 11.6. The number of nitrogens with zero attached hydrogens (tertiary/aromatic N) is 3. The van der Waals surface area contributed by atoms with Gasteiger partial charge in [-0.05, 0) is 6.92 Å². The van der Waals surface area contributed by atoms with Gasteiger partial charge in [0, 0.05) is 33.4 Å². The maximum absolute atomic E-state index is 11.6. The van der Waals surface area contributed by atoms with Gasteiger partial charge in [0.15, 0.2) is 5.69 Å². The zero-order valence-electron chi connectivity index (χ0n) is 12.2. The van der Waals surface area contributed by atoms with E-state index in [0.29, 0.717) is 6.54 Å². The molecule has 0 aromatic carbocycles. The number of hydrogen-bond donors (Lipinski definition) is 3. The fraction of sp³-hybridized carbons (Fsp3) is 0.500. The highest BCUT2D eigenvalue weighted by molar-refractivity contribution is 5.86. The highest BCUT2D eigenvalue weighted by Crippen LogP contribution is 1.95. The molecule has 1 aromatic rings. The minimum atomic E-state index is -1.10. The number of aromatic nitrogens is 2. The average molecular weight is 297 g/mol. The van der Waals surface area contributed by atoms with E-state index in [9.17, 15) is 14.4 Å². The molecule has 1 rings (SSSR count). The van der Waals surface area contributed by atoms with Crippen LogP contribution in [0.15, 0.2) is 12.5 Å². The van der Waals surface area contributed by atoms with Gasteiger partial charge >= 0.3 is 12.0 Å². The molecular weight excluding hydrogens is 278 g/mol. The van der Waals surface area contributed by atoms with E-state index in [2.05, 4.69) is 15.6 Å². The van der Waals surface area contributed by atoms with Crippen molar-refractivity contribution in [2.75, 3.05) is 20.6 Å². The summed E-state index contributed by atoms with van der Waals surface area (Å²) in [7, 11) is 3.22. The Morgan fingerprint density at radius 2 is 2.10 bits per heavy atom. The van der Waals surface area contributed by atoms with Crippen LogP contribution in [0.25, 0.3) is 0 Å². The summed E-state index contributed by atoms with van der Waals surface area (Å²) in [5.74, 6) is -1.30. The summed E-state index contributed by atoms with van der Waals surface area (Å²) >= 11 is 0. The third-order valence-electron chi connectivity index (χ3n) is 2.67. The number of carbonyl (C=O) groups excluding carboxylic acids is 2. The van der Waals surface area contributed by atoms with E-state index < -0.39 is 18.0 Å². The zero-order valence-corrected chi connectivity index (χ0v) is 12.2. The van der Waals surface area contributed by atoms with Gasteiger partial charge in [-0.15, -0.1) is 0 Å². The number of urea groups is 1. The van der Waals surface area contributed by atoms with Crippen molar-refractivity contribution in [2.24, 2.45) is 0 Å². The number of likely N-dealkylation sites (N-methyl/N-ethyl adjacent to an activating group) is 1. The quantitative estimate of drug-likeness (QED) is 0.645. The predicted molar refractivity (Wildman–Crippen MR) is 73.9 cm³/mol. The molecule has 1 atom stereocenters. The number of carbonyl (C=O) groups is 3. The Morgan fingerprint density at radius 1 is 1.43 bits per heavy atom. The van der Waals surface area contributed by atoms with Gasteiger partial charge in [-0.3, -0.25) is 4.79 Å². The summed E-state index contributed by atoms with van der Waals surface area (Å²) in [6.45, 7) is 2.25. The van der Waals surface area contributed by atoms with Crippen LogP contribution in [-0.4, -0.2) is 64.1 Å². The first-order chi connectivity index (χ1) is 9.81. The number of imidazole rings is 1. The second kappa shape index (κ2) is 7.27. The van der Waals surface area contributed by atoms with Crippen LogP contribution in [0.1, 0.15) is 17.4 Å². The summed E-state index contributed by atoms with van der Waals surface area (Å²) < 4.78 is 1.55. The lowest BCUT2D eigenvalue weighted by molar-refractivity contribution is -0.130. The summed E-state index contributed by atoms with van der Waals surface area (Å²) in [6.07, 6.45) is 2.75. The molecule has 116 valence electrons. The summed E-state index contributed by atoms with van der Waals surface area (Å²) in [6, 6.07) is -1.08. The van der Waals surface area contributed by atoms with E-state index in [4.69, 9.17) is 5.11 Å². The van der Waals surface area contributed by atoms with Gasteiger partial charge in [0.2, 0.25) is 5.91 Å². The van der Waals surface area contributed by atoms with Gasteiger partial charge in [0.1, 0.15) is 6.04 Å². The number of rotatable bonds is 6. The Morgan fingerprint density at radius 3 is 2.62 bits per heavy atom. The summed E-state index contributed by atoms with van der Waals surface area (Å²) in [4.78, 5) is 38.9. The van der Waals surface area contributed by atoms with Crippen LogP contribution >= 0.6 is 0 Å². The standard InChI is InChI=1S/C12H19N5O4/c1-8(10(18)16(2)3)15-12(21)13-4-5-17-6-9(11(19)20)14-7-17/h6-8H,4-5H2,1-3H3,(H,19,20)(H2,13,15,21). The molecule has 3 amide bonds. The molecule has 0 aliphatic rings. The zero-order chi connectivity index (χ0) is 16.0. The Labute approximate surface area is 121 Å². The molecule has 0 spiro atoms. The lowest BCUT2D eigenvalue weighted by Gasteiger charge is -2.18. The Bertz CT molecular complexity index is 525. The minimum Gasteiger partial charge on any atom is -0.476 e. The van der Waals surface area contributed by atoms with Crippen molar-refractivity contribution in [3.05, 3.63) is 18.2 Å². The van der Waals surface area contributed by atoms with E-state index in [1.807, 2.05) is 0 Å². The number of nitrogens with one attached hydrogen (secondary N) is 2. The van der Waals surface area contributed by atoms with Crippen molar-refractivity contribution in [3.8, 4) is 0 Å². The summed E-state index contributed by atoms with van der Waals surface area (Å²) in [5.41, 5.74) is -0.0512. The smallest absolute Gasteiger partial charge is 0.356 e. The molecule has 21 heavy (non-hydrogen) atoms. The second-order valence-electron chi connectivity index (χ2n) is 4.66. The molecule has 0 bridgehead atoms. The summed E-state index contributed by atoms with van der Waals surface area (Å²) in [5, 5.41) is 13.8. The number of amides is 3. The second-order valence-corrected chi connectivity index (χ2v) is 4.66. The van der Waals surface area contributed by atoms with E-state index in [1.165, 1.54) is 17.4 Å². The number of aromatic carboxylic acids is 1. The Balaban J connectivity index is 2.33. The van der Waals surface area contributed by atoms with Crippen molar-refractivity contribution in [1.82, 2.24) is 25.1 Å². The van der Waals surface area contributed by atoms with Crippen LogP contribution < -0.4 is 10.6 Å². The van der Waals surface area contributed by atoms with Crippen LogP contribution in [0.4, 0.5) is 4.79 Å². The molecule has 0 saturated carbocycles. The topological polar surface area (TPSA) is 117 Å². The molecule has 0 aliphatic carbocycles. The number of carboxylic acids is 1. The van der Waals surface area contributed by atoms with Gasteiger partial charge in [-0.2, -0.15) is 0 Å². The Kier molecular flexibility index (Phi) is 5.70. The van der Waals surface area contributed by atoms with Gasteiger partial charge in [-0.1, -0.05) is 0 Å². The van der Waals surface area contributed by atoms with Crippen LogP contribution in [0.2, 0.25) is 0 Å². The van der Waals surface area contributed by atoms with Crippen molar-refractivity contribution in [1.29, 1.82) is 0 Å². The molecule has 1 unspecified atom stereocenters. The van der Waals surface area contributed by atoms with Crippen LogP contribution in [0, 0.1) is 0 Å². The molecule has 0 saturated heterocycles. The van der Waals surface area contributed by atoms with Crippen LogP contribution in [-0.2, 0) is 11.3 Å². The third-order valence-corrected chi connectivity index (χ3v) is 2.67. The normalized spacial score (nSPS) is 11.6. The highest BCUT2D eigenvalue weighted by Gasteiger charge is 2.16. The van der Waals surface area contributed by atoms with Gasteiger partial charge in [0.25, 0.3) is 0 Å². The van der Waals surface area contributed by atoms with Gasteiger partial charge in [0.05, 0.1) is 6.33 Å². The van der Waals surface area contributed by atoms with Crippen molar-refractivity contribution >= 4 is 17.9 Å². The van der Waals surface area contributed by atoms with Gasteiger partial charge in [-0.25, -0.2) is 14.6 Å². The maximum Gasteiger partial charge on any atom is 0.356 e. The largest absolute Gasteiger partial charge is 0.476 e. The van der Waals surface area contributed by atoms with Crippen molar-refractivity contribution in [2.45, 2.75) is 19.5 Å². The minimum absolute atomic E-state index is 0.0512. The van der Waals surface area contributed by atoms with E-state index in [0.717, 1.165) is 0 Å². The molecule has 0 aliphatic heterocycles. The fourth-order valence-corrected chi connectivity index (χ4v) is 1.59. The van der Waals surface area contributed by atoms with E-state index >= 15 is 0 Å². The van der Waals surface area contributed by atoms with Crippen LogP contribution in [0.3, 0.4) is 0 Å². The van der Waals surface area contributed by atoms with E-state index in [-0.39, 0.29) is 18.1 Å². The molecular formula is C12H19N5O4. The predicted octanol–water partition coefficient (Wildman–Crippen LogP) is -0.643. The van der Waals surface area contributed by atoms with Crippen LogP contribution in [0.5, 0.6) is 0 Å². The van der Waals surface area contributed by atoms with E-state index in [1.54, 1.807) is 25.6 Å². The van der Waals surface area contributed by atoms with Crippen molar-refractivity contribution in [3.63, 3.8) is 0 Å². The SMILES string of the molecule is CC(NC(=O)NCCn1cnc(C(=O)O)c1)C(=O)N(C)C. The highest BCUT2D eigenvalue weighted by atomic mass is 16.4. The molecule has 1 aromatic heterocycles. The van der Waals surface area contributed by atoms with Crippen molar-refractivity contribution < 1.29 is 19.5 Å². The molecule has 3 N–H and O–H groups in total. The lowest BCUT2D eigenvalue weighted by atomic mass is 10.3. The number of hydrogen-bond acceptors (Lipinski definition) is 4. The first-order valence-corrected chi connectivity index (χ1v) is 6.32. The molecule has 9 heteroatoms. The average Bonchev–Trinajstić information content (AvgIpc) is 2.86. The first-order valence-electron chi connectivity index (χ1n) is 6.32.